The number of hydrogen-bond acceptors (Lipinski definition) is 6. The van der Waals surface area contributed by atoms with Gasteiger partial charge in [0.1, 0.15) is 0 Å². The molecule has 0 bridgehead atoms. The second-order valence-electron chi connectivity index (χ2n) is 24.1. The molecule has 0 aromatic carbocycles. The van der Waals surface area contributed by atoms with Crippen LogP contribution in [0.15, 0.2) is 0 Å². The second-order valence-corrected chi connectivity index (χ2v) is 24.1. The average molecular weight is 907 g/mol. The van der Waals surface area contributed by atoms with E-state index in [2.05, 4.69) is 24.5 Å². The van der Waals surface area contributed by atoms with Crippen LogP contribution in [0.3, 0.4) is 0 Å². The fraction of sp³-hybridized carbons (Fsp3) is 0.927. The molecule has 2 amide bonds. The van der Waals surface area contributed by atoms with E-state index in [1.54, 1.807) is 0 Å². The third-order valence-corrected chi connectivity index (χ3v) is 20.0. The number of amides is 2. The molecule has 0 saturated heterocycles. The predicted molar refractivity (Wildman–Crippen MR) is 253 cm³/mol. The van der Waals surface area contributed by atoms with E-state index in [1.165, 1.54) is 89.9 Å². The van der Waals surface area contributed by atoms with Crippen LogP contribution >= 0.6 is 0 Å². The van der Waals surface area contributed by atoms with Crippen molar-refractivity contribution >= 4 is 23.8 Å². The summed E-state index contributed by atoms with van der Waals surface area (Å²) in [5, 5.41) is 26.7. The Bertz CT molecular complexity index is 1430. The lowest BCUT2D eigenvalue weighted by atomic mass is 9.60. The first-order valence-corrected chi connectivity index (χ1v) is 27.8. The van der Waals surface area contributed by atoms with Crippen molar-refractivity contribution in [1.29, 1.82) is 0 Å². The topological polar surface area (TPSA) is 151 Å². The Morgan fingerprint density at radius 1 is 0.385 bits per heavy atom. The molecule has 6 atom stereocenters. The van der Waals surface area contributed by atoms with Crippen LogP contribution < -0.4 is 10.6 Å². The predicted octanol–water partition coefficient (Wildman–Crippen LogP) is 11.4. The summed E-state index contributed by atoms with van der Waals surface area (Å²) >= 11 is 0. The first-order valence-electron chi connectivity index (χ1n) is 27.8. The smallest absolute Gasteiger partial charge is 0.307 e. The summed E-state index contributed by atoms with van der Waals surface area (Å²) in [7, 11) is 0. The fourth-order valence-corrected chi connectivity index (χ4v) is 15.7. The molecule has 0 heterocycles. The van der Waals surface area contributed by atoms with Crippen molar-refractivity contribution in [2.24, 2.45) is 64.6 Å². The number of nitrogens with one attached hydrogen (secondary N) is 2. The molecule has 10 heteroatoms. The Morgan fingerprint density at radius 2 is 0.708 bits per heavy atom. The van der Waals surface area contributed by atoms with Crippen LogP contribution in [0.1, 0.15) is 219 Å². The largest absolute Gasteiger partial charge is 0.481 e. The van der Waals surface area contributed by atoms with Crippen molar-refractivity contribution in [2.75, 3.05) is 0 Å². The average Bonchev–Trinajstić information content (AvgIpc) is 3.33. The molecule has 0 aromatic heterocycles. The molecule has 8 aliphatic rings. The maximum atomic E-state index is 13.6. The van der Waals surface area contributed by atoms with Crippen molar-refractivity contribution in [2.45, 2.75) is 256 Å². The van der Waals surface area contributed by atoms with Gasteiger partial charge in [0.05, 0.1) is 48.1 Å². The fourth-order valence-electron chi connectivity index (χ4n) is 15.7. The van der Waals surface area contributed by atoms with Crippen molar-refractivity contribution < 1.29 is 38.9 Å². The van der Waals surface area contributed by atoms with Gasteiger partial charge in [-0.25, -0.2) is 0 Å². The Labute approximate surface area is 392 Å². The monoisotopic (exact) mass is 907 g/mol. The summed E-state index contributed by atoms with van der Waals surface area (Å²) < 4.78 is 13.5. The highest BCUT2D eigenvalue weighted by molar-refractivity contribution is 5.86. The maximum Gasteiger partial charge on any atom is 0.307 e. The molecular formula is C55H90N2O8. The summed E-state index contributed by atoms with van der Waals surface area (Å²) in [5.74, 6) is 0.245. The lowest BCUT2D eigenvalue weighted by Gasteiger charge is -2.47. The van der Waals surface area contributed by atoms with Crippen LogP contribution in [-0.4, -0.2) is 70.5 Å². The molecule has 65 heavy (non-hydrogen) atoms. The van der Waals surface area contributed by atoms with Gasteiger partial charge in [0, 0.05) is 12.1 Å². The standard InChI is InChI=1S/C55H90N2O8/c1-55(2,39-15-23-43(24-16-39)64-45-27-19-41(20-28-45)56-51(58)49-33-37(13-31-47(49)53(60)61)35-9-5-3-6-10-35)40-17-25-44(26-18-40)65-46-29-21-42(22-30-46)57-52(59)50-34-38(14-32-48(50)54(62)63)36-11-7-4-8-12-36/h35-50H,3-34H2,1-2H3,(H,56,58)(H,57,59)(H,60,61)(H,62,63). The Morgan fingerprint density at radius 3 is 1.03 bits per heavy atom. The minimum absolute atomic E-state index is 0.0122. The van der Waals surface area contributed by atoms with Crippen molar-refractivity contribution in [3.05, 3.63) is 0 Å². The minimum Gasteiger partial charge on any atom is -0.481 e. The van der Waals surface area contributed by atoms with Crippen LogP contribution in [0.25, 0.3) is 0 Å². The molecule has 0 aromatic rings. The summed E-state index contributed by atoms with van der Waals surface area (Å²) in [5.41, 5.74) is 0.297. The number of ether oxygens (including phenoxy) is 2. The molecular weight excluding hydrogens is 817 g/mol. The summed E-state index contributed by atoms with van der Waals surface area (Å²) in [4.78, 5) is 51.7. The number of carbonyl (C=O) groups excluding carboxylic acids is 2. The van der Waals surface area contributed by atoms with Gasteiger partial charge in [-0.3, -0.25) is 19.2 Å². The van der Waals surface area contributed by atoms with Gasteiger partial charge >= 0.3 is 11.9 Å². The molecule has 8 rings (SSSR count). The summed E-state index contributed by atoms with van der Waals surface area (Å²) in [6.45, 7) is 5.06. The number of rotatable bonds is 14. The Balaban J connectivity index is 0.701. The molecule has 4 N–H and O–H groups in total. The quantitative estimate of drug-likeness (QED) is 0.134. The number of carboxylic acid groups (broad SMARTS) is 2. The summed E-state index contributed by atoms with van der Waals surface area (Å²) in [6.07, 6.45) is 35.5. The SMILES string of the molecule is CC(C)(C1CCC(OC2CCC(NC(=O)C3CC(C4CCCCC4)CCC3C(=O)O)CC2)CC1)C1CCC(OC2CCC(NC(=O)C3CC(C4CCCCC4)CCC3C(=O)O)CC2)CC1. The molecule has 8 saturated carbocycles. The van der Waals surface area contributed by atoms with Gasteiger partial charge in [-0.05, 0) is 182 Å². The number of hydrogen-bond donors (Lipinski definition) is 4. The van der Waals surface area contributed by atoms with E-state index in [0.29, 0.717) is 66.0 Å². The molecule has 8 fully saturated rings. The van der Waals surface area contributed by atoms with E-state index in [1.807, 2.05) is 0 Å². The van der Waals surface area contributed by atoms with Gasteiger partial charge in [0.2, 0.25) is 11.8 Å². The van der Waals surface area contributed by atoms with Crippen molar-refractivity contribution in [3.8, 4) is 0 Å². The van der Waals surface area contributed by atoms with Crippen LogP contribution in [0, 0.1) is 64.6 Å². The highest BCUT2D eigenvalue weighted by Gasteiger charge is 2.45. The molecule has 6 unspecified atom stereocenters. The van der Waals surface area contributed by atoms with Crippen LogP contribution in [0.2, 0.25) is 0 Å². The van der Waals surface area contributed by atoms with Gasteiger partial charge in [-0.1, -0.05) is 78.1 Å². The first-order chi connectivity index (χ1) is 31.4. The Kier molecular flexibility index (Phi) is 17.4. The van der Waals surface area contributed by atoms with Crippen LogP contribution in [-0.2, 0) is 28.7 Å². The normalized spacial score (nSPS) is 39.5. The van der Waals surface area contributed by atoms with Gasteiger partial charge in [-0.2, -0.15) is 0 Å². The van der Waals surface area contributed by atoms with E-state index in [4.69, 9.17) is 9.47 Å². The lowest BCUT2D eigenvalue weighted by Crippen LogP contribution is -2.47. The summed E-state index contributed by atoms with van der Waals surface area (Å²) in [6, 6.07) is 0.250. The minimum atomic E-state index is -0.799. The zero-order valence-electron chi connectivity index (χ0n) is 40.7. The molecule has 10 nitrogen and oxygen atoms in total. The van der Waals surface area contributed by atoms with Crippen LogP contribution in [0.5, 0.6) is 0 Å². The highest BCUT2D eigenvalue weighted by Crippen LogP contribution is 2.50. The number of aliphatic carboxylic acids is 2. The zero-order chi connectivity index (χ0) is 45.5. The molecule has 0 spiro atoms. The van der Waals surface area contributed by atoms with Gasteiger partial charge in [0.15, 0.2) is 0 Å². The highest BCUT2D eigenvalue weighted by atomic mass is 16.5. The second kappa shape index (κ2) is 22.9. The van der Waals surface area contributed by atoms with Crippen molar-refractivity contribution in [3.63, 3.8) is 0 Å². The van der Waals surface area contributed by atoms with Gasteiger partial charge in [0.25, 0.3) is 0 Å². The van der Waals surface area contributed by atoms with E-state index in [0.717, 1.165) is 103 Å². The van der Waals surface area contributed by atoms with E-state index in [-0.39, 0.29) is 36.1 Å². The van der Waals surface area contributed by atoms with E-state index < -0.39 is 35.6 Å². The van der Waals surface area contributed by atoms with Crippen molar-refractivity contribution in [1.82, 2.24) is 10.6 Å². The lowest BCUT2D eigenvalue weighted by molar-refractivity contribution is -0.150. The van der Waals surface area contributed by atoms with Gasteiger partial charge < -0.3 is 30.3 Å². The zero-order valence-corrected chi connectivity index (χ0v) is 40.7. The first kappa shape index (κ1) is 49.2. The molecule has 0 aliphatic heterocycles. The van der Waals surface area contributed by atoms with Crippen LogP contribution in [0.4, 0.5) is 0 Å². The number of carboxylic acids is 2. The maximum absolute atomic E-state index is 13.6. The molecule has 0 radical (unpaired) electrons. The molecule has 368 valence electrons. The Hall–Kier alpha value is -2.20. The third kappa shape index (κ3) is 12.7. The van der Waals surface area contributed by atoms with E-state index >= 15 is 0 Å². The number of carbonyl (C=O) groups is 4. The molecule has 8 aliphatic carbocycles. The third-order valence-electron chi connectivity index (χ3n) is 20.0. The van der Waals surface area contributed by atoms with Gasteiger partial charge in [-0.15, -0.1) is 0 Å². The van der Waals surface area contributed by atoms with E-state index in [9.17, 15) is 29.4 Å².